The van der Waals surface area contributed by atoms with E-state index in [2.05, 4.69) is 20.4 Å². The van der Waals surface area contributed by atoms with Crippen molar-refractivity contribution in [2.24, 2.45) is 0 Å². The number of nitrogens with zero attached hydrogens (tertiary/aromatic N) is 4. The van der Waals surface area contributed by atoms with Crippen LogP contribution in [-0.4, -0.2) is 32.6 Å². The van der Waals surface area contributed by atoms with Crippen LogP contribution in [0.1, 0.15) is 36.8 Å². The van der Waals surface area contributed by atoms with Gasteiger partial charge in [0.2, 0.25) is 11.7 Å². The average Bonchev–Trinajstić information content (AvgIpc) is 3.24. The van der Waals surface area contributed by atoms with Crippen molar-refractivity contribution in [1.82, 2.24) is 25.3 Å². The van der Waals surface area contributed by atoms with E-state index in [4.69, 9.17) is 4.52 Å². The minimum atomic E-state index is -0.299. The predicted octanol–water partition coefficient (Wildman–Crippen LogP) is 3.71. The van der Waals surface area contributed by atoms with Gasteiger partial charge in [-0.25, -0.2) is 9.18 Å². The highest BCUT2D eigenvalue weighted by molar-refractivity contribution is 5.74. The third kappa shape index (κ3) is 4.00. The van der Waals surface area contributed by atoms with Crippen LogP contribution in [0.5, 0.6) is 0 Å². The molecule has 1 aliphatic heterocycles. The van der Waals surface area contributed by atoms with Gasteiger partial charge in [-0.2, -0.15) is 4.98 Å². The number of urea groups is 1. The highest BCUT2D eigenvalue weighted by Gasteiger charge is 2.32. The van der Waals surface area contributed by atoms with Crippen LogP contribution in [-0.2, 0) is 6.54 Å². The molecule has 1 fully saturated rings. The first-order chi connectivity index (χ1) is 13.7. The number of hydrogen-bond donors (Lipinski definition) is 1. The fourth-order valence-corrected chi connectivity index (χ4v) is 3.30. The Bertz CT molecular complexity index is 929. The van der Waals surface area contributed by atoms with Gasteiger partial charge in [0.1, 0.15) is 11.9 Å². The molecule has 4 rings (SSSR count). The van der Waals surface area contributed by atoms with Gasteiger partial charge in [-0.3, -0.25) is 4.98 Å². The quantitative estimate of drug-likeness (QED) is 0.745. The topological polar surface area (TPSA) is 84.2 Å². The van der Waals surface area contributed by atoms with Gasteiger partial charge in [-0.1, -0.05) is 17.3 Å². The van der Waals surface area contributed by atoms with Gasteiger partial charge < -0.3 is 14.7 Å². The summed E-state index contributed by atoms with van der Waals surface area (Å²) in [6.45, 7) is 0.946. The zero-order chi connectivity index (χ0) is 19.3. The monoisotopic (exact) mass is 381 g/mol. The van der Waals surface area contributed by atoms with Crippen molar-refractivity contribution < 1.29 is 13.7 Å². The van der Waals surface area contributed by atoms with Crippen molar-refractivity contribution in [2.75, 3.05) is 6.54 Å². The second-order valence-corrected chi connectivity index (χ2v) is 6.68. The van der Waals surface area contributed by atoms with E-state index in [9.17, 15) is 9.18 Å². The largest absolute Gasteiger partial charge is 0.337 e. The number of aromatic nitrogens is 3. The highest BCUT2D eigenvalue weighted by Crippen LogP contribution is 2.31. The van der Waals surface area contributed by atoms with Crippen LogP contribution in [0.25, 0.3) is 11.4 Å². The van der Waals surface area contributed by atoms with Gasteiger partial charge in [-0.05, 0) is 49.1 Å². The van der Waals surface area contributed by atoms with E-state index in [1.807, 2.05) is 12.1 Å². The molecule has 8 heteroatoms. The zero-order valence-electron chi connectivity index (χ0n) is 15.2. The number of pyridine rings is 1. The smallest absolute Gasteiger partial charge is 0.318 e. The molecule has 0 saturated carbocycles. The van der Waals surface area contributed by atoms with Crippen LogP contribution in [0.4, 0.5) is 9.18 Å². The molecule has 1 N–H and O–H groups in total. The van der Waals surface area contributed by atoms with Gasteiger partial charge in [-0.15, -0.1) is 0 Å². The lowest BCUT2D eigenvalue weighted by atomic mass is 10.0. The number of piperidine rings is 1. The van der Waals surface area contributed by atoms with Crippen LogP contribution < -0.4 is 5.32 Å². The molecule has 0 unspecified atom stereocenters. The molecular weight excluding hydrogens is 361 g/mol. The third-order valence-corrected chi connectivity index (χ3v) is 4.79. The van der Waals surface area contributed by atoms with Gasteiger partial charge in [0.25, 0.3) is 0 Å². The van der Waals surface area contributed by atoms with E-state index >= 15 is 0 Å². The number of halogens is 1. The summed E-state index contributed by atoms with van der Waals surface area (Å²) in [6, 6.07) is 9.23. The van der Waals surface area contributed by atoms with Gasteiger partial charge in [0, 0.05) is 31.0 Å². The van der Waals surface area contributed by atoms with E-state index < -0.39 is 0 Å². The first-order valence-corrected chi connectivity index (χ1v) is 9.23. The lowest BCUT2D eigenvalue weighted by Gasteiger charge is -2.33. The molecule has 0 aliphatic carbocycles. The van der Waals surface area contributed by atoms with Crippen LogP contribution in [0.2, 0.25) is 0 Å². The fraction of sp³-hybridized carbons (Fsp3) is 0.300. The normalized spacial score (nSPS) is 16.8. The molecule has 28 heavy (non-hydrogen) atoms. The van der Waals surface area contributed by atoms with Gasteiger partial charge in [0.15, 0.2) is 0 Å². The van der Waals surface area contributed by atoms with Crippen molar-refractivity contribution in [3.8, 4) is 11.4 Å². The van der Waals surface area contributed by atoms with Crippen molar-refractivity contribution in [3.05, 3.63) is 66.1 Å². The summed E-state index contributed by atoms with van der Waals surface area (Å²) in [4.78, 5) is 23.0. The van der Waals surface area contributed by atoms with Crippen LogP contribution in [0.15, 0.2) is 53.3 Å². The SMILES string of the molecule is O=C(NCc1ccc(F)cc1)N1CCCC[C@@H]1c1nc(-c2ccncc2)no1. The molecule has 1 atom stereocenters. The van der Waals surface area contributed by atoms with Gasteiger partial charge >= 0.3 is 6.03 Å². The zero-order valence-corrected chi connectivity index (χ0v) is 15.2. The van der Waals surface area contributed by atoms with Crippen LogP contribution >= 0.6 is 0 Å². The summed E-state index contributed by atoms with van der Waals surface area (Å²) in [7, 11) is 0. The van der Waals surface area contributed by atoms with Crippen molar-refractivity contribution in [1.29, 1.82) is 0 Å². The number of hydrogen-bond acceptors (Lipinski definition) is 5. The second-order valence-electron chi connectivity index (χ2n) is 6.68. The summed E-state index contributed by atoms with van der Waals surface area (Å²) < 4.78 is 18.5. The molecule has 1 aromatic carbocycles. The summed E-state index contributed by atoms with van der Waals surface area (Å²) in [5.41, 5.74) is 1.65. The summed E-state index contributed by atoms with van der Waals surface area (Å²) >= 11 is 0. The predicted molar refractivity (Wildman–Crippen MR) is 99.5 cm³/mol. The number of likely N-dealkylation sites (tertiary alicyclic amines) is 1. The van der Waals surface area contributed by atoms with E-state index in [1.165, 1.54) is 12.1 Å². The maximum absolute atomic E-state index is 13.0. The average molecular weight is 381 g/mol. The summed E-state index contributed by atoms with van der Waals surface area (Å²) in [6.07, 6.45) is 6.01. The summed E-state index contributed by atoms with van der Waals surface area (Å²) in [5, 5.41) is 6.94. The molecule has 144 valence electrons. The number of rotatable bonds is 4. The molecule has 7 nitrogen and oxygen atoms in total. The van der Waals surface area contributed by atoms with Crippen molar-refractivity contribution in [3.63, 3.8) is 0 Å². The minimum absolute atomic E-state index is 0.197. The lowest BCUT2D eigenvalue weighted by Crippen LogP contribution is -2.44. The first-order valence-electron chi connectivity index (χ1n) is 9.23. The Balaban J connectivity index is 1.46. The van der Waals surface area contributed by atoms with Crippen molar-refractivity contribution in [2.45, 2.75) is 31.8 Å². The molecule has 0 spiro atoms. The number of carbonyl (C=O) groups is 1. The fourth-order valence-electron chi connectivity index (χ4n) is 3.30. The minimum Gasteiger partial charge on any atom is -0.337 e. The molecule has 2 aromatic heterocycles. The van der Waals surface area contributed by atoms with E-state index in [0.717, 1.165) is 30.4 Å². The Hall–Kier alpha value is -3.29. The Morgan fingerprint density at radius 1 is 1.18 bits per heavy atom. The summed E-state index contributed by atoms with van der Waals surface area (Å²) in [5.74, 6) is 0.616. The van der Waals surface area contributed by atoms with Crippen LogP contribution in [0, 0.1) is 5.82 Å². The Morgan fingerprint density at radius 3 is 2.75 bits per heavy atom. The number of carbonyl (C=O) groups excluding carboxylic acids is 1. The Labute approximate surface area is 161 Å². The molecule has 0 bridgehead atoms. The van der Waals surface area contributed by atoms with Crippen LogP contribution in [0.3, 0.4) is 0 Å². The molecule has 1 aliphatic rings. The lowest BCUT2D eigenvalue weighted by molar-refractivity contribution is 0.131. The van der Waals surface area contributed by atoms with E-state index in [-0.39, 0.29) is 17.9 Å². The molecule has 3 heterocycles. The standard InChI is InChI=1S/C20H20FN5O2/c21-16-6-4-14(5-7-16)13-23-20(27)26-12-2-1-3-17(26)19-24-18(25-28-19)15-8-10-22-11-9-15/h4-11,17H,1-3,12-13H2,(H,23,27)/t17-/m1/s1. The third-order valence-electron chi connectivity index (χ3n) is 4.79. The Morgan fingerprint density at radius 2 is 1.96 bits per heavy atom. The number of amides is 2. The molecule has 1 saturated heterocycles. The van der Waals surface area contributed by atoms with E-state index in [0.29, 0.717) is 24.8 Å². The number of benzene rings is 1. The highest BCUT2D eigenvalue weighted by atomic mass is 19.1. The first kappa shape index (κ1) is 18.1. The van der Waals surface area contributed by atoms with Crippen molar-refractivity contribution >= 4 is 6.03 Å². The number of nitrogens with one attached hydrogen (secondary N) is 1. The van der Waals surface area contributed by atoms with Gasteiger partial charge in [0.05, 0.1) is 0 Å². The molecule has 2 amide bonds. The van der Waals surface area contributed by atoms with E-state index in [1.54, 1.807) is 29.4 Å². The maximum Gasteiger partial charge on any atom is 0.318 e. The second kappa shape index (κ2) is 8.16. The maximum atomic E-state index is 13.0. The molecule has 0 radical (unpaired) electrons. The molecule has 3 aromatic rings. The Kier molecular flexibility index (Phi) is 5.27. The molecular formula is C20H20FN5O2.